The van der Waals surface area contributed by atoms with Gasteiger partial charge in [-0.25, -0.2) is 0 Å². The number of guanidine groups is 1. The fraction of sp³-hybridized carbons (Fsp3) is 0.588. The van der Waals surface area contributed by atoms with Gasteiger partial charge < -0.3 is 19.9 Å². The fourth-order valence-electron chi connectivity index (χ4n) is 2.26. The van der Waals surface area contributed by atoms with E-state index in [-0.39, 0.29) is 11.5 Å². The maximum atomic E-state index is 5.46. The van der Waals surface area contributed by atoms with Crippen LogP contribution in [0, 0.1) is 0 Å². The number of aromatic nitrogens is 2. The number of nitrogens with zero attached hydrogens (tertiary/aromatic N) is 3. The van der Waals surface area contributed by atoms with Gasteiger partial charge in [0.15, 0.2) is 11.8 Å². The smallest absolute Gasteiger partial charge is 0.246 e. The van der Waals surface area contributed by atoms with Crippen LogP contribution >= 0.6 is 11.3 Å². The van der Waals surface area contributed by atoms with E-state index in [1.54, 1.807) is 18.4 Å². The molecule has 2 rings (SSSR count). The minimum atomic E-state index is -0.175. The van der Waals surface area contributed by atoms with Crippen LogP contribution in [-0.2, 0) is 16.7 Å². The molecule has 0 aliphatic heterocycles. The lowest BCUT2D eigenvalue weighted by Gasteiger charge is -2.24. The molecule has 2 N–H and O–H groups in total. The summed E-state index contributed by atoms with van der Waals surface area (Å²) >= 11 is 1.76. The fourth-order valence-corrected chi connectivity index (χ4v) is 3.12. The summed E-state index contributed by atoms with van der Waals surface area (Å²) in [7, 11) is 1.74. The van der Waals surface area contributed by atoms with Gasteiger partial charge in [0.1, 0.15) is 6.10 Å². The van der Waals surface area contributed by atoms with E-state index in [1.807, 2.05) is 13.8 Å². The van der Waals surface area contributed by atoms with Gasteiger partial charge in [-0.2, -0.15) is 4.98 Å². The maximum Gasteiger partial charge on any atom is 0.246 e. The first-order chi connectivity index (χ1) is 12.0. The van der Waals surface area contributed by atoms with Crippen LogP contribution in [0.2, 0.25) is 0 Å². The van der Waals surface area contributed by atoms with E-state index in [0.29, 0.717) is 30.8 Å². The van der Waals surface area contributed by atoms with Crippen molar-refractivity contribution in [1.82, 2.24) is 20.8 Å². The molecule has 138 valence electrons. The quantitative estimate of drug-likeness (QED) is 0.553. The normalized spacial score (nSPS) is 13.7. The van der Waals surface area contributed by atoms with Crippen molar-refractivity contribution in [1.29, 1.82) is 0 Å². The first-order valence-electron chi connectivity index (χ1n) is 8.39. The molecule has 0 radical (unpaired) electrons. The lowest BCUT2D eigenvalue weighted by atomic mass is 9.91. The molecule has 1 atom stereocenters. The second-order valence-electron chi connectivity index (χ2n) is 6.28. The van der Waals surface area contributed by atoms with Crippen LogP contribution in [0.1, 0.15) is 50.4 Å². The molecule has 0 aliphatic carbocycles. The summed E-state index contributed by atoms with van der Waals surface area (Å²) in [6, 6.07) is 4.23. The van der Waals surface area contributed by atoms with Crippen LogP contribution in [0.5, 0.6) is 0 Å². The Morgan fingerprint density at radius 2 is 2.24 bits per heavy atom. The highest BCUT2D eigenvalue weighted by molar-refractivity contribution is 7.10. The molecule has 2 heterocycles. The predicted octanol–water partition coefficient (Wildman–Crippen LogP) is 2.87. The molecule has 0 spiro atoms. The topological polar surface area (TPSA) is 84.6 Å². The average Bonchev–Trinajstić information content (AvgIpc) is 3.27. The number of nitrogens with one attached hydrogen (secondary N) is 2. The highest BCUT2D eigenvalue weighted by Crippen LogP contribution is 2.26. The molecule has 0 amide bonds. The van der Waals surface area contributed by atoms with Gasteiger partial charge in [0.05, 0.1) is 6.54 Å². The average molecular weight is 366 g/mol. The summed E-state index contributed by atoms with van der Waals surface area (Å²) in [4.78, 5) is 9.92. The van der Waals surface area contributed by atoms with E-state index in [1.165, 1.54) is 4.88 Å². The highest BCUT2D eigenvalue weighted by atomic mass is 32.1. The van der Waals surface area contributed by atoms with Crippen LogP contribution in [0.4, 0.5) is 0 Å². The molecule has 7 nitrogen and oxygen atoms in total. The zero-order valence-corrected chi connectivity index (χ0v) is 16.3. The monoisotopic (exact) mass is 365 g/mol. The first-order valence-corrected chi connectivity index (χ1v) is 9.26. The van der Waals surface area contributed by atoms with Crippen molar-refractivity contribution in [3.63, 3.8) is 0 Å². The van der Waals surface area contributed by atoms with Crippen molar-refractivity contribution < 1.29 is 9.26 Å². The lowest BCUT2D eigenvalue weighted by Crippen LogP contribution is -2.43. The summed E-state index contributed by atoms with van der Waals surface area (Å²) in [6.07, 6.45) is -0.175. The van der Waals surface area contributed by atoms with Crippen molar-refractivity contribution >= 4 is 17.3 Å². The van der Waals surface area contributed by atoms with Gasteiger partial charge in [0.25, 0.3) is 0 Å². The summed E-state index contributed by atoms with van der Waals surface area (Å²) in [6.45, 7) is 10.0. The number of rotatable bonds is 8. The van der Waals surface area contributed by atoms with Gasteiger partial charge in [-0.1, -0.05) is 25.1 Å². The number of aliphatic imine (C=N–C) groups is 1. The Morgan fingerprint density at radius 3 is 2.88 bits per heavy atom. The van der Waals surface area contributed by atoms with E-state index >= 15 is 0 Å². The summed E-state index contributed by atoms with van der Waals surface area (Å²) in [5, 5.41) is 12.6. The van der Waals surface area contributed by atoms with Crippen molar-refractivity contribution in [2.45, 2.75) is 45.8 Å². The van der Waals surface area contributed by atoms with Gasteiger partial charge in [-0.3, -0.25) is 4.99 Å². The van der Waals surface area contributed by atoms with Crippen molar-refractivity contribution in [3.8, 4) is 0 Å². The minimum absolute atomic E-state index is 0.0242. The third-order valence-corrected chi connectivity index (χ3v) is 5.02. The minimum Gasteiger partial charge on any atom is -0.371 e. The first kappa shape index (κ1) is 19.4. The Labute approximate surface area is 152 Å². The van der Waals surface area contributed by atoms with E-state index in [4.69, 9.17) is 9.26 Å². The van der Waals surface area contributed by atoms with Gasteiger partial charge in [-0.15, -0.1) is 11.3 Å². The zero-order chi connectivity index (χ0) is 18.3. The number of hydrogen-bond donors (Lipinski definition) is 2. The summed E-state index contributed by atoms with van der Waals surface area (Å²) in [5.41, 5.74) is 0.0242. The van der Waals surface area contributed by atoms with Crippen LogP contribution in [0.15, 0.2) is 27.0 Å². The highest BCUT2D eigenvalue weighted by Gasteiger charge is 2.22. The second-order valence-corrected chi connectivity index (χ2v) is 7.23. The lowest BCUT2D eigenvalue weighted by molar-refractivity contribution is 0.0683. The van der Waals surface area contributed by atoms with Gasteiger partial charge in [0, 0.05) is 30.5 Å². The molecular formula is C17H27N5O2S. The largest absolute Gasteiger partial charge is 0.371 e. The molecule has 0 fully saturated rings. The summed E-state index contributed by atoms with van der Waals surface area (Å²) < 4.78 is 10.7. The van der Waals surface area contributed by atoms with E-state index in [0.717, 1.165) is 6.54 Å². The van der Waals surface area contributed by atoms with Gasteiger partial charge in [-0.05, 0) is 25.3 Å². The second kappa shape index (κ2) is 8.96. The molecule has 25 heavy (non-hydrogen) atoms. The number of thiophene rings is 1. The molecule has 0 saturated carbocycles. The standard InChI is InChI=1S/C17H27N5O2S/c1-6-23-12(2)15-21-14(24-22-15)10-19-16(18-5)20-11-17(3,4)13-8-7-9-25-13/h7-9,12H,6,10-11H2,1-5H3,(H2,18,19,20). The third kappa shape index (κ3) is 5.54. The molecule has 0 aromatic carbocycles. The molecule has 0 bridgehead atoms. The molecule has 2 aromatic rings. The van der Waals surface area contributed by atoms with Crippen molar-refractivity contribution in [2.24, 2.45) is 4.99 Å². The number of ether oxygens (including phenoxy) is 1. The molecule has 0 saturated heterocycles. The Bertz CT molecular complexity index is 666. The summed E-state index contributed by atoms with van der Waals surface area (Å²) in [5.74, 6) is 1.75. The van der Waals surface area contributed by atoms with Crippen LogP contribution in [-0.4, -0.2) is 36.3 Å². The van der Waals surface area contributed by atoms with Crippen LogP contribution in [0.3, 0.4) is 0 Å². The van der Waals surface area contributed by atoms with Gasteiger partial charge in [0.2, 0.25) is 5.89 Å². The SMILES string of the molecule is CCOC(C)c1noc(CNC(=NC)NCC(C)(C)c2cccs2)n1. The van der Waals surface area contributed by atoms with Crippen molar-refractivity contribution in [2.75, 3.05) is 20.2 Å². The molecule has 1 unspecified atom stereocenters. The van der Waals surface area contributed by atoms with E-state index in [2.05, 4.69) is 57.1 Å². The zero-order valence-electron chi connectivity index (χ0n) is 15.5. The Balaban J connectivity index is 1.84. The van der Waals surface area contributed by atoms with Crippen LogP contribution in [0.25, 0.3) is 0 Å². The third-order valence-electron chi connectivity index (χ3n) is 3.78. The maximum absolute atomic E-state index is 5.46. The Hall–Kier alpha value is -1.93. The Kier molecular flexibility index (Phi) is 6.95. The van der Waals surface area contributed by atoms with E-state index < -0.39 is 0 Å². The molecular weight excluding hydrogens is 338 g/mol. The number of hydrogen-bond acceptors (Lipinski definition) is 6. The van der Waals surface area contributed by atoms with Crippen molar-refractivity contribution in [3.05, 3.63) is 34.1 Å². The molecule has 0 aliphatic rings. The molecule has 8 heteroatoms. The predicted molar refractivity (Wildman–Crippen MR) is 99.9 cm³/mol. The molecule has 2 aromatic heterocycles. The van der Waals surface area contributed by atoms with Gasteiger partial charge >= 0.3 is 0 Å². The Morgan fingerprint density at radius 1 is 1.44 bits per heavy atom. The van der Waals surface area contributed by atoms with Crippen LogP contribution < -0.4 is 10.6 Å². The van der Waals surface area contributed by atoms with E-state index in [9.17, 15) is 0 Å².